The molecule has 5 nitrogen and oxygen atoms in total. The monoisotopic (exact) mass is 356 g/mol. The number of imidazole rings is 1. The lowest BCUT2D eigenvalue weighted by molar-refractivity contribution is 0.475. The van der Waals surface area contributed by atoms with E-state index in [9.17, 15) is 10.4 Å². The Morgan fingerprint density at radius 2 is 1.96 bits per heavy atom. The minimum atomic E-state index is 0.239. The van der Waals surface area contributed by atoms with Crippen LogP contribution < -0.4 is 5.32 Å². The molecule has 2 aromatic carbocycles. The third kappa shape index (κ3) is 2.58. The molecule has 134 valence electrons. The lowest BCUT2D eigenvalue weighted by Gasteiger charge is -2.19. The predicted molar refractivity (Wildman–Crippen MR) is 108 cm³/mol. The van der Waals surface area contributed by atoms with Gasteiger partial charge in [-0.25, -0.2) is 4.98 Å². The lowest BCUT2D eigenvalue weighted by Crippen LogP contribution is -2.08. The van der Waals surface area contributed by atoms with E-state index in [0.29, 0.717) is 11.2 Å². The van der Waals surface area contributed by atoms with E-state index in [1.165, 1.54) is 0 Å². The molecule has 0 saturated carbocycles. The van der Waals surface area contributed by atoms with Crippen LogP contribution in [0.5, 0.6) is 5.75 Å². The van der Waals surface area contributed by atoms with Crippen LogP contribution >= 0.6 is 0 Å². The van der Waals surface area contributed by atoms with E-state index in [2.05, 4.69) is 18.3 Å². The average Bonchev–Trinajstić information content (AvgIpc) is 3.03. The number of nitrogens with one attached hydrogen (secondary N) is 1. The van der Waals surface area contributed by atoms with Crippen molar-refractivity contribution in [1.29, 1.82) is 5.26 Å². The van der Waals surface area contributed by atoms with Gasteiger partial charge in [-0.15, -0.1) is 0 Å². The van der Waals surface area contributed by atoms with Crippen molar-refractivity contribution in [2.45, 2.75) is 27.2 Å². The highest BCUT2D eigenvalue weighted by Crippen LogP contribution is 2.34. The molecule has 0 aliphatic rings. The van der Waals surface area contributed by atoms with Gasteiger partial charge in [0.2, 0.25) is 0 Å². The number of nitriles is 1. The molecule has 2 heterocycles. The van der Waals surface area contributed by atoms with Crippen molar-refractivity contribution in [3.05, 3.63) is 64.7 Å². The molecule has 0 amide bonds. The number of pyridine rings is 1. The number of nitrogens with zero attached hydrogens (tertiary/aromatic N) is 3. The number of rotatable bonds is 3. The van der Waals surface area contributed by atoms with Crippen LogP contribution in [0.1, 0.15) is 29.2 Å². The smallest absolute Gasteiger partial charge is 0.157 e. The van der Waals surface area contributed by atoms with Gasteiger partial charge in [-0.1, -0.05) is 19.1 Å². The number of para-hydroxylation sites is 2. The van der Waals surface area contributed by atoms with Gasteiger partial charge in [0.15, 0.2) is 5.65 Å². The Labute approximate surface area is 157 Å². The highest BCUT2D eigenvalue weighted by Gasteiger charge is 2.20. The summed E-state index contributed by atoms with van der Waals surface area (Å²) in [7, 11) is 0. The molecule has 27 heavy (non-hydrogen) atoms. The molecule has 0 aliphatic carbocycles. The molecule has 0 atom stereocenters. The van der Waals surface area contributed by atoms with E-state index >= 15 is 0 Å². The molecular formula is C22H20N4O. The molecule has 0 bridgehead atoms. The van der Waals surface area contributed by atoms with Gasteiger partial charge in [-0.05, 0) is 67.3 Å². The quantitative estimate of drug-likeness (QED) is 0.507. The van der Waals surface area contributed by atoms with Crippen molar-refractivity contribution in [3.63, 3.8) is 0 Å². The Balaban J connectivity index is 2.10. The van der Waals surface area contributed by atoms with Crippen molar-refractivity contribution in [3.8, 4) is 11.8 Å². The minimum Gasteiger partial charge on any atom is -0.508 e. The van der Waals surface area contributed by atoms with Crippen LogP contribution in [0.15, 0.2) is 42.5 Å². The fraction of sp³-hybridized carbons (Fsp3) is 0.182. The van der Waals surface area contributed by atoms with Crippen molar-refractivity contribution >= 4 is 28.2 Å². The molecule has 2 aromatic heterocycles. The van der Waals surface area contributed by atoms with Crippen LogP contribution in [0.2, 0.25) is 0 Å². The van der Waals surface area contributed by atoms with Crippen LogP contribution in [0.3, 0.4) is 0 Å². The summed E-state index contributed by atoms with van der Waals surface area (Å²) in [5.41, 5.74) is 6.95. The Bertz CT molecular complexity index is 1230. The van der Waals surface area contributed by atoms with E-state index in [0.717, 1.165) is 45.6 Å². The molecule has 0 aliphatic heterocycles. The van der Waals surface area contributed by atoms with Gasteiger partial charge in [-0.2, -0.15) is 5.26 Å². The van der Waals surface area contributed by atoms with E-state index in [-0.39, 0.29) is 5.75 Å². The summed E-state index contributed by atoms with van der Waals surface area (Å²) in [6, 6.07) is 15.5. The van der Waals surface area contributed by atoms with E-state index < -0.39 is 0 Å². The van der Waals surface area contributed by atoms with E-state index in [1.807, 2.05) is 48.6 Å². The molecule has 0 saturated heterocycles. The molecule has 0 radical (unpaired) electrons. The molecular weight excluding hydrogens is 336 g/mol. The van der Waals surface area contributed by atoms with Gasteiger partial charge in [0.1, 0.15) is 17.6 Å². The Hall–Kier alpha value is -3.52. The molecule has 0 unspecified atom stereocenters. The standard InChI is InChI=1S/C22H20N4O/c1-4-16-14(3)17(12-23)22-25-19-7-5-6-8-20(19)26(22)21(16)24-18-10-9-15(27)11-13(18)2/h5-11,24,27H,4H2,1-3H3. The van der Waals surface area contributed by atoms with Gasteiger partial charge in [-0.3, -0.25) is 4.40 Å². The first-order valence-corrected chi connectivity index (χ1v) is 8.94. The second-order valence-corrected chi connectivity index (χ2v) is 6.68. The maximum Gasteiger partial charge on any atom is 0.157 e. The number of fused-ring (bicyclic) bond motifs is 3. The highest BCUT2D eigenvalue weighted by atomic mass is 16.3. The zero-order valence-electron chi connectivity index (χ0n) is 15.5. The van der Waals surface area contributed by atoms with Gasteiger partial charge in [0.25, 0.3) is 0 Å². The Morgan fingerprint density at radius 1 is 1.19 bits per heavy atom. The van der Waals surface area contributed by atoms with Gasteiger partial charge in [0.05, 0.1) is 16.6 Å². The predicted octanol–water partition coefficient (Wildman–Crippen LogP) is 4.99. The number of phenolic OH excluding ortho intramolecular Hbond substituents is 1. The zero-order valence-corrected chi connectivity index (χ0v) is 15.5. The summed E-state index contributed by atoms with van der Waals surface area (Å²) in [6.07, 6.45) is 0.780. The highest BCUT2D eigenvalue weighted by molar-refractivity contribution is 5.87. The van der Waals surface area contributed by atoms with Crippen LogP contribution in [0.25, 0.3) is 16.7 Å². The van der Waals surface area contributed by atoms with Crippen LogP contribution in [0.4, 0.5) is 11.5 Å². The van der Waals surface area contributed by atoms with Gasteiger partial charge in [0, 0.05) is 5.69 Å². The number of phenols is 1. The number of hydrogen-bond acceptors (Lipinski definition) is 4. The summed E-state index contributed by atoms with van der Waals surface area (Å²) in [6.45, 7) is 6.02. The molecule has 4 rings (SSSR count). The van der Waals surface area contributed by atoms with Crippen molar-refractivity contribution in [2.75, 3.05) is 5.32 Å². The molecule has 0 fully saturated rings. The molecule has 5 heteroatoms. The van der Waals surface area contributed by atoms with E-state index in [1.54, 1.807) is 12.1 Å². The van der Waals surface area contributed by atoms with Gasteiger partial charge >= 0.3 is 0 Å². The maximum absolute atomic E-state index is 9.77. The third-order valence-electron chi connectivity index (χ3n) is 5.05. The summed E-state index contributed by atoms with van der Waals surface area (Å²) >= 11 is 0. The number of aromatic hydroxyl groups is 1. The summed E-state index contributed by atoms with van der Waals surface area (Å²) < 4.78 is 2.03. The maximum atomic E-state index is 9.77. The number of benzene rings is 2. The topological polar surface area (TPSA) is 73.4 Å². The van der Waals surface area contributed by atoms with Crippen LogP contribution in [0, 0.1) is 25.2 Å². The number of anilines is 2. The van der Waals surface area contributed by atoms with Crippen molar-refractivity contribution in [1.82, 2.24) is 9.38 Å². The van der Waals surface area contributed by atoms with Crippen molar-refractivity contribution < 1.29 is 5.11 Å². The van der Waals surface area contributed by atoms with Gasteiger partial charge < -0.3 is 10.4 Å². The first-order chi connectivity index (χ1) is 13.0. The fourth-order valence-electron chi connectivity index (χ4n) is 3.66. The average molecular weight is 356 g/mol. The second-order valence-electron chi connectivity index (χ2n) is 6.68. The third-order valence-corrected chi connectivity index (χ3v) is 5.05. The second kappa shape index (κ2) is 6.33. The number of hydrogen-bond donors (Lipinski definition) is 2. The lowest BCUT2D eigenvalue weighted by atomic mass is 10.0. The Morgan fingerprint density at radius 3 is 2.67 bits per heavy atom. The van der Waals surface area contributed by atoms with Crippen LogP contribution in [-0.2, 0) is 6.42 Å². The summed E-state index contributed by atoms with van der Waals surface area (Å²) in [5, 5.41) is 23.0. The minimum absolute atomic E-state index is 0.239. The summed E-state index contributed by atoms with van der Waals surface area (Å²) in [5.74, 6) is 1.15. The normalized spacial score (nSPS) is 11.0. The molecule has 2 N–H and O–H groups in total. The number of aromatic nitrogens is 2. The zero-order chi connectivity index (χ0) is 19.1. The Kier molecular flexibility index (Phi) is 3.97. The summed E-state index contributed by atoms with van der Waals surface area (Å²) in [4.78, 5) is 4.72. The first-order valence-electron chi connectivity index (χ1n) is 8.94. The molecule has 4 aromatic rings. The first kappa shape index (κ1) is 16.9. The van der Waals surface area contributed by atoms with Crippen molar-refractivity contribution in [2.24, 2.45) is 0 Å². The van der Waals surface area contributed by atoms with Crippen LogP contribution in [-0.4, -0.2) is 14.5 Å². The fourth-order valence-corrected chi connectivity index (χ4v) is 3.66. The molecule has 0 spiro atoms. The number of aryl methyl sites for hydroxylation is 1. The van der Waals surface area contributed by atoms with E-state index in [4.69, 9.17) is 4.98 Å². The SMILES string of the molecule is CCc1c(C)c(C#N)c2nc3ccccc3n2c1Nc1ccc(O)cc1C. The largest absolute Gasteiger partial charge is 0.508 e.